The third-order valence-electron chi connectivity index (χ3n) is 5.05. The van der Waals surface area contributed by atoms with Gasteiger partial charge >= 0.3 is 0 Å². The van der Waals surface area contributed by atoms with Crippen LogP contribution in [-0.4, -0.2) is 57.2 Å². The molecule has 1 aliphatic heterocycles. The first-order valence-electron chi connectivity index (χ1n) is 9.00. The van der Waals surface area contributed by atoms with E-state index in [0.717, 1.165) is 11.1 Å². The van der Waals surface area contributed by atoms with Crippen molar-refractivity contribution in [2.45, 2.75) is 43.9 Å². The Morgan fingerprint density at radius 2 is 1.71 bits per heavy atom. The fourth-order valence-corrected chi connectivity index (χ4v) is 3.55. The number of carbonyl (C=O) groups is 1. The lowest BCUT2D eigenvalue weighted by Crippen LogP contribution is -2.55. The van der Waals surface area contributed by atoms with Crippen molar-refractivity contribution in [3.8, 4) is 0 Å². The molecule has 4 N–H and O–H groups in total. The number of halogens is 1. The van der Waals surface area contributed by atoms with E-state index in [9.17, 15) is 25.2 Å². The van der Waals surface area contributed by atoms with Gasteiger partial charge in [0.15, 0.2) is 5.78 Å². The Hall–Kier alpha value is -1.80. The fourth-order valence-electron chi connectivity index (χ4n) is 3.36. The van der Waals surface area contributed by atoms with E-state index in [1.165, 1.54) is 6.92 Å². The third-order valence-corrected chi connectivity index (χ3v) is 5.41. The van der Waals surface area contributed by atoms with E-state index in [-0.39, 0.29) is 5.78 Å². The minimum absolute atomic E-state index is 0.00537. The molecule has 0 aromatic heterocycles. The average Bonchev–Trinajstić information content (AvgIpc) is 2.69. The molecular formula is C21H23ClO6. The van der Waals surface area contributed by atoms with Crippen LogP contribution in [0.15, 0.2) is 42.5 Å². The van der Waals surface area contributed by atoms with Crippen molar-refractivity contribution < 1.29 is 30.0 Å². The monoisotopic (exact) mass is 406 g/mol. The Bertz CT molecular complexity index is 835. The molecule has 6 nitrogen and oxygen atoms in total. The Kier molecular flexibility index (Phi) is 6.50. The van der Waals surface area contributed by atoms with Gasteiger partial charge in [-0.15, -0.1) is 0 Å². The van der Waals surface area contributed by atoms with Crippen LogP contribution in [0.25, 0.3) is 0 Å². The molecule has 7 heteroatoms. The van der Waals surface area contributed by atoms with Gasteiger partial charge in [-0.1, -0.05) is 48.0 Å². The molecule has 5 atom stereocenters. The van der Waals surface area contributed by atoms with Crippen LogP contribution >= 0.6 is 11.6 Å². The molecule has 2 aromatic rings. The van der Waals surface area contributed by atoms with Crippen molar-refractivity contribution in [2.75, 3.05) is 6.61 Å². The zero-order valence-corrected chi connectivity index (χ0v) is 16.1. The van der Waals surface area contributed by atoms with Crippen molar-refractivity contribution >= 4 is 17.4 Å². The summed E-state index contributed by atoms with van der Waals surface area (Å²) in [5, 5.41) is 40.2. The Labute approximate surface area is 168 Å². The quantitative estimate of drug-likeness (QED) is 0.562. The Morgan fingerprint density at radius 3 is 2.32 bits per heavy atom. The van der Waals surface area contributed by atoms with Crippen LogP contribution in [0.4, 0.5) is 0 Å². The van der Waals surface area contributed by atoms with E-state index in [2.05, 4.69) is 0 Å². The summed E-state index contributed by atoms with van der Waals surface area (Å²) in [5.41, 5.74) is 2.95. The van der Waals surface area contributed by atoms with Crippen LogP contribution < -0.4 is 0 Å². The number of carbonyl (C=O) groups excluding carboxylic acids is 1. The minimum Gasteiger partial charge on any atom is -0.394 e. The Morgan fingerprint density at radius 1 is 1.04 bits per heavy atom. The second kappa shape index (κ2) is 8.69. The molecule has 0 bridgehead atoms. The Balaban J connectivity index is 1.85. The van der Waals surface area contributed by atoms with Gasteiger partial charge in [0.2, 0.25) is 0 Å². The topological polar surface area (TPSA) is 107 Å². The molecule has 0 radical (unpaired) electrons. The molecule has 3 rings (SSSR count). The lowest BCUT2D eigenvalue weighted by molar-refractivity contribution is -0.231. The van der Waals surface area contributed by atoms with Crippen molar-refractivity contribution in [3.05, 3.63) is 69.7 Å². The summed E-state index contributed by atoms with van der Waals surface area (Å²) < 4.78 is 5.61. The molecule has 150 valence electrons. The summed E-state index contributed by atoms with van der Waals surface area (Å²) in [6.45, 7) is 1.03. The average molecular weight is 407 g/mol. The van der Waals surface area contributed by atoms with Gasteiger partial charge in [0.05, 0.1) is 6.61 Å². The summed E-state index contributed by atoms with van der Waals surface area (Å²) in [6, 6.07) is 12.4. The molecule has 0 spiro atoms. The number of ether oxygens (including phenoxy) is 1. The van der Waals surface area contributed by atoms with Gasteiger partial charge in [0.1, 0.15) is 30.5 Å². The van der Waals surface area contributed by atoms with Gasteiger partial charge in [0.25, 0.3) is 0 Å². The normalized spacial score (nSPS) is 27.6. The molecule has 1 aliphatic rings. The van der Waals surface area contributed by atoms with E-state index in [1.54, 1.807) is 30.3 Å². The second-order valence-electron chi connectivity index (χ2n) is 7.03. The predicted molar refractivity (Wildman–Crippen MR) is 103 cm³/mol. The number of aliphatic hydroxyl groups excluding tert-OH is 4. The highest BCUT2D eigenvalue weighted by atomic mass is 35.5. The molecule has 1 fully saturated rings. The summed E-state index contributed by atoms with van der Waals surface area (Å²) >= 11 is 6.32. The molecule has 0 saturated carbocycles. The second-order valence-corrected chi connectivity index (χ2v) is 7.44. The van der Waals surface area contributed by atoms with E-state index < -0.39 is 37.1 Å². The molecule has 0 amide bonds. The maximum Gasteiger partial charge on any atom is 0.159 e. The van der Waals surface area contributed by atoms with E-state index in [1.807, 2.05) is 12.1 Å². The first kappa shape index (κ1) is 20.9. The summed E-state index contributed by atoms with van der Waals surface area (Å²) in [4.78, 5) is 11.4. The number of Topliss-reactive ketones (excluding diaryl/α,β-unsaturated/α-hetero) is 1. The van der Waals surface area contributed by atoms with Crippen LogP contribution in [0.3, 0.4) is 0 Å². The standard InChI is InChI=1S/C21H23ClO6/c1-11(24)13-4-2-12(3-5-13)8-15-9-14(6-7-16(15)22)21-20(27)19(26)18(25)17(10-23)28-21/h2-7,9,17-21,23,25-27H,8,10H2,1H3/t17-,18-,19+,20+,21+/m1/s1. The molecule has 0 aliphatic carbocycles. The van der Waals surface area contributed by atoms with Crippen LogP contribution in [-0.2, 0) is 11.2 Å². The van der Waals surface area contributed by atoms with Crippen molar-refractivity contribution in [2.24, 2.45) is 0 Å². The van der Waals surface area contributed by atoms with E-state index in [4.69, 9.17) is 16.3 Å². The summed E-state index contributed by atoms with van der Waals surface area (Å²) in [7, 11) is 0. The fraction of sp³-hybridized carbons (Fsp3) is 0.381. The lowest BCUT2D eigenvalue weighted by atomic mass is 9.90. The number of ketones is 1. The predicted octanol–water partition coefficient (Wildman–Crippen LogP) is 1.65. The number of rotatable bonds is 5. The van der Waals surface area contributed by atoms with Crippen LogP contribution in [0.2, 0.25) is 5.02 Å². The van der Waals surface area contributed by atoms with Gasteiger partial charge in [-0.3, -0.25) is 4.79 Å². The van der Waals surface area contributed by atoms with Crippen molar-refractivity contribution in [1.29, 1.82) is 0 Å². The van der Waals surface area contributed by atoms with Gasteiger partial charge < -0.3 is 25.2 Å². The largest absolute Gasteiger partial charge is 0.394 e. The zero-order chi connectivity index (χ0) is 20.4. The number of aliphatic hydroxyl groups is 4. The van der Waals surface area contributed by atoms with Gasteiger partial charge in [-0.05, 0) is 36.1 Å². The lowest BCUT2D eigenvalue weighted by Gasteiger charge is -2.40. The summed E-state index contributed by atoms with van der Waals surface area (Å²) in [6.07, 6.45) is -5.56. The number of benzene rings is 2. The molecule has 2 aromatic carbocycles. The highest BCUT2D eigenvalue weighted by Crippen LogP contribution is 2.34. The number of hydrogen-bond acceptors (Lipinski definition) is 6. The zero-order valence-electron chi connectivity index (χ0n) is 15.3. The first-order chi connectivity index (χ1) is 13.3. The SMILES string of the molecule is CC(=O)c1ccc(Cc2cc([C@@H]3O[C@H](CO)[C@@H](O)[C@H](O)[C@@H]3O)ccc2Cl)cc1. The van der Waals surface area contributed by atoms with Crippen LogP contribution in [0.5, 0.6) is 0 Å². The maximum absolute atomic E-state index is 11.4. The number of hydrogen-bond donors (Lipinski definition) is 4. The van der Waals surface area contributed by atoms with Crippen molar-refractivity contribution in [1.82, 2.24) is 0 Å². The highest BCUT2D eigenvalue weighted by Gasteiger charge is 2.43. The highest BCUT2D eigenvalue weighted by molar-refractivity contribution is 6.31. The van der Waals surface area contributed by atoms with Crippen LogP contribution in [0, 0.1) is 0 Å². The van der Waals surface area contributed by atoms with Gasteiger partial charge in [-0.2, -0.15) is 0 Å². The van der Waals surface area contributed by atoms with E-state index in [0.29, 0.717) is 22.6 Å². The molecule has 1 heterocycles. The van der Waals surface area contributed by atoms with Gasteiger partial charge in [-0.25, -0.2) is 0 Å². The molecule has 1 saturated heterocycles. The smallest absolute Gasteiger partial charge is 0.159 e. The first-order valence-corrected chi connectivity index (χ1v) is 9.38. The summed E-state index contributed by atoms with van der Waals surface area (Å²) in [5.74, 6) is -0.00537. The van der Waals surface area contributed by atoms with Crippen molar-refractivity contribution in [3.63, 3.8) is 0 Å². The molecular weight excluding hydrogens is 384 g/mol. The van der Waals surface area contributed by atoms with Gasteiger partial charge in [0, 0.05) is 10.6 Å². The van der Waals surface area contributed by atoms with Crippen LogP contribution in [0.1, 0.15) is 40.1 Å². The molecule has 28 heavy (non-hydrogen) atoms. The third kappa shape index (κ3) is 4.27. The maximum atomic E-state index is 11.4. The van der Waals surface area contributed by atoms with E-state index >= 15 is 0 Å². The minimum atomic E-state index is -1.44. The molecule has 0 unspecified atom stereocenters.